The number of halogens is 1. The van der Waals surface area contributed by atoms with Crippen molar-refractivity contribution in [2.24, 2.45) is 0 Å². The van der Waals surface area contributed by atoms with Gasteiger partial charge in [-0.05, 0) is 48.4 Å². The van der Waals surface area contributed by atoms with E-state index in [-0.39, 0.29) is 5.91 Å². The lowest BCUT2D eigenvalue weighted by Gasteiger charge is -2.20. The SMILES string of the molecule is Cc1ccc2nc(N(Cc3ccccc3)C(=O)c3cccc(F)c3)sc2c1. The van der Waals surface area contributed by atoms with Gasteiger partial charge in [0.25, 0.3) is 5.91 Å². The molecule has 0 bridgehead atoms. The van der Waals surface area contributed by atoms with Gasteiger partial charge in [-0.2, -0.15) is 0 Å². The van der Waals surface area contributed by atoms with E-state index in [1.54, 1.807) is 17.0 Å². The molecule has 1 heterocycles. The lowest BCUT2D eigenvalue weighted by Crippen LogP contribution is -2.30. The highest BCUT2D eigenvalue weighted by molar-refractivity contribution is 7.22. The summed E-state index contributed by atoms with van der Waals surface area (Å²) >= 11 is 1.47. The number of rotatable bonds is 4. The Morgan fingerprint density at radius 3 is 2.63 bits per heavy atom. The van der Waals surface area contributed by atoms with Crippen molar-refractivity contribution in [3.8, 4) is 0 Å². The van der Waals surface area contributed by atoms with E-state index >= 15 is 0 Å². The molecule has 0 unspecified atom stereocenters. The van der Waals surface area contributed by atoms with Gasteiger partial charge in [-0.25, -0.2) is 9.37 Å². The predicted octanol–water partition coefficient (Wildman–Crippen LogP) is 5.59. The highest BCUT2D eigenvalue weighted by Gasteiger charge is 2.22. The summed E-state index contributed by atoms with van der Waals surface area (Å²) in [6, 6.07) is 21.5. The van der Waals surface area contributed by atoms with Crippen LogP contribution in [0.25, 0.3) is 10.2 Å². The van der Waals surface area contributed by atoms with Gasteiger partial charge in [0.2, 0.25) is 0 Å². The maximum atomic E-state index is 13.6. The van der Waals surface area contributed by atoms with E-state index in [0.29, 0.717) is 17.2 Å². The van der Waals surface area contributed by atoms with E-state index in [1.165, 1.54) is 23.5 Å². The Morgan fingerprint density at radius 1 is 1.04 bits per heavy atom. The summed E-state index contributed by atoms with van der Waals surface area (Å²) in [5.41, 5.74) is 3.29. The number of nitrogens with zero attached hydrogens (tertiary/aromatic N) is 2. The molecule has 0 spiro atoms. The number of fused-ring (bicyclic) bond motifs is 1. The second-order valence-corrected chi connectivity index (χ2v) is 7.36. The molecule has 0 radical (unpaired) electrons. The minimum atomic E-state index is -0.430. The zero-order valence-corrected chi connectivity index (χ0v) is 15.5. The van der Waals surface area contributed by atoms with Crippen LogP contribution in [0.1, 0.15) is 21.5 Å². The number of amides is 1. The molecule has 0 saturated carbocycles. The Hall–Kier alpha value is -3.05. The van der Waals surface area contributed by atoms with Gasteiger partial charge < -0.3 is 0 Å². The van der Waals surface area contributed by atoms with Crippen LogP contribution in [0, 0.1) is 12.7 Å². The van der Waals surface area contributed by atoms with Crippen molar-refractivity contribution in [2.45, 2.75) is 13.5 Å². The fourth-order valence-corrected chi connectivity index (χ4v) is 3.97. The monoisotopic (exact) mass is 376 g/mol. The molecule has 1 amide bonds. The lowest BCUT2D eigenvalue weighted by molar-refractivity contribution is 0.0984. The fraction of sp³-hybridized carbons (Fsp3) is 0.0909. The van der Waals surface area contributed by atoms with Crippen molar-refractivity contribution in [1.29, 1.82) is 0 Å². The van der Waals surface area contributed by atoms with Gasteiger partial charge in [0.1, 0.15) is 5.82 Å². The van der Waals surface area contributed by atoms with Crippen molar-refractivity contribution >= 4 is 32.6 Å². The molecule has 0 N–H and O–H groups in total. The van der Waals surface area contributed by atoms with Gasteiger partial charge in [0, 0.05) is 5.56 Å². The lowest BCUT2D eigenvalue weighted by atomic mass is 10.1. The minimum absolute atomic E-state index is 0.269. The molecule has 0 saturated heterocycles. The smallest absolute Gasteiger partial charge is 0.260 e. The number of carbonyl (C=O) groups is 1. The van der Waals surface area contributed by atoms with Crippen LogP contribution in [0.15, 0.2) is 72.8 Å². The zero-order chi connectivity index (χ0) is 18.8. The predicted molar refractivity (Wildman–Crippen MR) is 108 cm³/mol. The van der Waals surface area contributed by atoms with Crippen LogP contribution >= 0.6 is 11.3 Å². The highest BCUT2D eigenvalue weighted by Crippen LogP contribution is 2.31. The standard InChI is InChI=1S/C22H17FN2OS/c1-15-10-11-19-20(12-15)27-22(24-19)25(14-16-6-3-2-4-7-16)21(26)17-8-5-9-18(23)13-17/h2-13H,14H2,1H3. The molecule has 0 atom stereocenters. The second kappa shape index (κ2) is 7.29. The quantitative estimate of drug-likeness (QED) is 0.465. The Morgan fingerprint density at radius 2 is 1.85 bits per heavy atom. The van der Waals surface area contributed by atoms with Crippen molar-refractivity contribution < 1.29 is 9.18 Å². The van der Waals surface area contributed by atoms with E-state index in [1.807, 2.05) is 49.4 Å². The van der Waals surface area contributed by atoms with Crippen LogP contribution in [-0.4, -0.2) is 10.9 Å². The summed E-state index contributed by atoms with van der Waals surface area (Å²) in [5.74, 6) is -0.699. The van der Waals surface area contributed by atoms with Crippen LogP contribution < -0.4 is 4.90 Å². The third-order valence-corrected chi connectivity index (χ3v) is 5.30. The topological polar surface area (TPSA) is 33.2 Å². The van der Waals surface area contributed by atoms with Crippen LogP contribution in [0.2, 0.25) is 0 Å². The Bertz CT molecular complexity index is 1110. The number of anilines is 1. The number of hydrogen-bond donors (Lipinski definition) is 0. The first-order chi connectivity index (χ1) is 13.1. The van der Waals surface area contributed by atoms with Crippen molar-refractivity contribution in [3.63, 3.8) is 0 Å². The van der Waals surface area contributed by atoms with Crippen molar-refractivity contribution in [2.75, 3.05) is 4.90 Å². The maximum Gasteiger partial charge on any atom is 0.260 e. The molecule has 0 aliphatic carbocycles. The second-order valence-electron chi connectivity index (χ2n) is 6.35. The van der Waals surface area contributed by atoms with Gasteiger partial charge in [0.05, 0.1) is 16.8 Å². The van der Waals surface area contributed by atoms with Gasteiger partial charge >= 0.3 is 0 Å². The first kappa shape index (κ1) is 17.4. The molecule has 5 heteroatoms. The van der Waals surface area contributed by atoms with Crippen LogP contribution in [0.3, 0.4) is 0 Å². The average Bonchev–Trinajstić information content (AvgIpc) is 3.09. The van der Waals surface area contributed by atoms with Gasteiger partial charge in [-0.1, -0.05) is 53.8 Å². The number of aryl methyl sites for hydroxylation is 1. The molecule has 4 rings (SSSR count). The fourth-order valence-electron chi connectivity index (χ4n) is 2.90. The Labute approximate surface area is 160 Å². The first-order valence-electron chi connectivity index (χ1n) is 8.59. The van der Waals surface area contributed by atoms with Crippen molar-refractivity contribution in [3.05, 3.63) is 95.3 Å². The first-order valence-corrected chi connectivity index (χ1v) is 9.40. The highest BCUT2D eigenvalue weighted by atomic mass is 32.1. The van der Waals surface area contributed by atoms with Gasteiger partial charge in [-0.15, -0.1) is 0 Å². The van der Waals surface area contributed by atoms with Crippen LogP contribution in [-0.2, 0) is 6.54 Å². The van der Waals surface area contributed by atoms with Gasteiger partial charge in [-0.3, -0.25) is 9.69 Å². The molecule has 134 valence electrons. The summed E-state index contributed by atoms with van der Waals surface area (Å²) in [5, 5.41) is 0.605. The third-order valence-electron chi connectivity index (χ3n) is 4.26. The van der Waals surface area contributed by atoms with E-state index < -0.39 is 5.82 Å². The van der Waals surface area contributed by atoms with Crippen molar-refractivity contribution in [1.82, 2.24) is 4.98 Å². The number of thiazole rings is 1. The normalized spacial score (nSPS) is 10.9. The molecule has 1 aromatic heterocycles. The molecular weight excluding hydrogens is 359 g/mol. The summed E-state index contributed by atoms with van der Waals surface area (Å²) in [7, 11) is 0. The zero-order valence-electron chi connectivity index (χ0n) is 14.7. The summed E-state index contributed by atoms with van der Waals surface area (Å²) in [4.78, 5) is 19.4. The number of hydrogen-bond acceptors (Lipinski definition) is 3. The largest absolute Gasteiger partial charge is 0.279 e. The molecule has 27 heavy (non-hydrogen) atoms. The van der Waals surface area contributed by atoms with E-state index in [9.17, 15) is 9.18 Å². The molecule has 3 nitrogen and oxygen atoms in total. The molecule has 0 fully saturated rings. The average molecular weight is 376 g/mol. The summed E-state index contributed by atoms with van der Waals surface area (Å²) < 4.78 is 14.7. The van der Waals surface area contributed by atoms with Crippen LogP contribution in [0.4, 0.5) is 9.52 Å². The number of carbonyl (C=O) groups excluding carboxylic acids is 1. The van der Waals surface area contributed by atoms with E-state index in [0.717, 1.165) is 21.3 Å². The molecular formula is C22H17FN2OS. The molecule has 0 aliphatic heterocycles. The summed E-state index contributed by atoms with van der Waals surface area (Å²) in [6.45, 7) is 2.40. The van der Waals surface area contributed by atoms with E-state index in [4.69, 9.17) is 0 Å². The number of aromatic nitrogens is 1. The Balaban J connectivity index is 1.77. The Kier molecular flexibility index (Phi) is 4.69. The number of benzene rings is 3. The minimum Gasteiger partial charge on any atom is -0.279 e. The maximum absolute atomic E-state index is 13.6. The summed E-state index contributed by atoms with van der Waals surface area (Å²) in [6.07, 6.45) is 0. The molecule has 0 aliphatic rings. The molecule has 4 aromatic rings. The third kappa shape index (κ3) is 3.73. The van der Waals surface area contributed by atoms with Gasteiger partial charge in [0.15, 0.2) is 5.13 Å². The van der Waals surface area contributed by atoms with E-state index in [2.05, 4.69) is 11.1 Å². The van der Waals surface area contributed by atoms with Crippen LogP contribution in [0.5, 0.6) is 0 Å². The molecule has 3 aromatic carbocycles.